The van der Waals surface area contributed by atoms with E-state index in [0.717, 1.165) is 17.1 Å². The van der Waals surface area contributed by atoms with Gasteiger partial charge in [-0.3, -0.25) is 14.4 Å². The number of hydrogen-bond acceptors (Lipinski definition) is 5. The van der Waals surface area contributed by atoms with E-state index in [1.54, 1.807) is 16.2 Å². The van der Waals surface area contributed by atoms with Gasteiger partial charge in [-0.15, -0.1) is 11.3 Å². The van der Waals surface area contributed by atoms with Gasteiger partial charge in [-0.1, -0.05) is 0 Å². The average Bonchev–Trinajstić information content (AvgIpc) is 3.18. The molecule has 8 heteroatoms. The van der Waals surface area contributed by atoms with Crippen molar-refractivity contribution in [1.82, 2.24) is 20.1 Å². The number of aromatic nitrogens is 1. The van der Waals surface area contributed by atoms with Crippen LogP contribution in [0.5, 0.6) is 0 Å². The Bertz CT molecular complexity index is 674. The number of aryl methyl sites for hydroxylation is 1. The molecule has 0 aromatic carbocycles. The Morgan fingerprint density at radius 1 is 1.42 bits per heavy atom. The molecule has 0 aliphatic carbocycles. The molecular weight excluding hydrogens is 328 g/mol. The van der Waals surface area contributed by atoms with E-state index < -0.39 is 0 Å². The van der Waals surface area contributed by atoms with Crippen LogP contribution in [0.15, 0.2) is 5.38 Å². The number of hydrogen-bond donors (Lipinski definition) is 1. The molecule has 2 saturated heterocycles. The Labute approximate surface area is 145 Å². The van der Waals surface area contributed by atoms with Gasteiger partial charge in [0.05, 0.1) is 23.8 Å². The molecule has 3 amide bonds. The topological polar surface area (TPSA) is 82.6 Å². The molecule has 1 aromatic rings. The van der Waals surface area contributed by atoms with Crippen molar-refractivity contribution < 1.29 is 14.4 Å². The minimum absolute atomic E-state index is 0.0289. The van der Waals surface area contributed by atoms with Crippen LogP contribution in [0.1, 0.15) is 30.5 Å². The zero-order valence-electron chi connectivity index (χ0n) is 14.0. The Morgan fingerprint density at radius 2 is 2.21 bits per heavy atom. The maximum absolute atomic E-state index is 12.4. The van der Waals surface area contributed by atoms with Crippen LogP contribution in [-0.2, 0) is 20.9 Å². The van der Waals surface area contributed by atoms with Crippen LogP contribution in [0.4, 0.5) is 0 Å². The van der Waals surface area contributed by atoms with Crippen LogP contribution >= 0.6 is 11.3 Å². The van der Waals surface area contributed by atoms with Crippen LogP contribution in [0.2, 0.25) is 0 Å². The molecule has 1 N–H and O–H groups in total. The molecule has 2 aliphatic heterocycles. The van der Waals surface area contributed by atoms with E-state index in [9.17, 15) is 14.4 Å². The summed E-state index contributed by atoms with van der Waals surface area (Å²) < 4.78 is 0. The summed E-state index contributed by atoms with van der Waals surface area (Å²) in [6.07, 6.45) is 1.32. The molecule has 2 fully saturated rings. The van der Waals surface area contributed by atoms with Crippen LogP contribution < -0.4 is 5.32 Å². The van der Waals surface area contributed by atoms with Crippen molar-refractivity contribution in [3.05, 3.63) is 16.1 Å². The summed E-state index contributed by atoms with van der Waals surface area (Å²) >= 11 is 1.59. The summed E-state index contributed by atoms with van der Waals surface area (Å²) in [7, 11) is 0. The number of amides is 3. The van der Waals surface area contributed by atoms with Gasteiger partial charge in [0.15, 0.2) is 0 Å². The second-order valence-corrected chi connectivity index (χ2v) is 7.82. The maximum Gasteiger partial charge on any atom is 0.241 e. The highest BCUT2D eigenvalue weighted by Crippen LogP contribution is 2.40. The SMILES string of the molecule is CC(=O)NCC(=O)N1CCC2(CC(=O)N(Cc3csc(C)n3)C2)C1. The van der Waals surface area contributed by atoms with E-state index >= 15 is 0 Å². The van der Waals surface area contributed by atoms with Crippen molar-refractivity contribution >= 4 is 29.1 Å². The molecule has 0 bridgehead atoms. The molecule has 1 spiro atoms. The van der Waals surface area contributed by atoms with Crippen molar-refractivity contribution in [3.63, 3.8) is 0 Å². The molecular formula is C16H22N4O3S. The summed E-state index contributed by atoms with van der Waals surface area (Å²) in [5, 5.41) is 5.53. The Hall–Kier alpha value is -1.96. The smallest absolute Gasteiger partial charge is 0.241 e. The maximum atomic E-state index is 12.4. The first-order valence-corrected chi connectivity index (χ1v) is 8.96. The predicted molar refractivity (Wildman–Crippen MR) is 89.2 cm³/mol. The lowest BCUT2D eigenvalue weighted by Gasteiger charge is -2.24. The highest BCUT2D eigenvalue weighted by Gasteiger charge is 2.48. The van der Waals surface area contributed by atoms with E-state index in [1.807, 2.05) is 17.2 Å². The van der Waals surface area contributed by atoms with Gasteiger partial charge in [-0.05, 0) is 13.3 Å². The summed E-state index contributed by atoms with van der Waals surface area (Å²) in [5.41, 5.74) is 0.785. The Morgan fingerprint density at radius 3 is 2.88 bits per heavy atom. The van der Waals surface area contributed by atoms with Gasteiger partial charge in [0.1, 0.15) is 0 Å². The zero-order chi connectivity index (χ0) is 17.3. The van der Waals surface area contributed by atoms with Gasteiger partial charge < -0.3 is 15.1 Å². The lowest BCUT2D eigenvalue weighted by Crippen LogP contribution is -2.40. The van der Waals surface area contributed by atoms with Crippen LogP contribution in [-0.4, -0.2) is 58.7 Å². The quantitative estimate of drug-likeness (QED) is 0.859. The fraction of sp³-hybridized carbons (Fsp3) is 0.625. The lowest BCUT2D eigenvalue weighted by atomic mass is 9.86. The number of likely N-dealkylation sites (tertiary alicyclic amines) is 2. The van der Waals surface area contributed by atoms with E-state index in [1.165, 1.54) is 6.92 Å². The van der Waals surface area contributed by atoms with Crippen LogP contribution in [0, 0.1) is 12.3 Å². The molecule has 2 aliphatic rings. The Kier molecular flexibility index (Phi) is 4.58. The molecule has 7 nitrogen and oxygen atoms in total. The van der Waals surface area contributed by atoms with Crippen LogP contribution in [0.3, 0.4) is 0 Å². The minimum atomic E-state index is -0.210. The first kappa shape index (κ1) is 16.9. The number of carbonyl (C=O) groups excluding carboxylic acids is 3. The van der Waals surface area contributed by atoms with Gasteiger partial charge in [0.25, 0.3) is 0 Å². The summed E-state index contributed by atoms with van der Waals surface area (Å²) in [6, 6.07) is 0. The zero-order valence-corrected chi connectivity index (χ0v) is 14.8. The van der Waals surface area contributed by atoms with Crippen molar-refractivity contribution in [2.45, 2.75) is 33.2 Å². The third kappa shape index (κ3) is 3.58. The molecule has 1 unspecified atom stereocenters. The highest BCUT2D eigenvalue weighted by molar-refractivity contribution is 7.09. The summed E-state index contributed by atoms with van der Waals surface area (Å²) in [6.45, 7) is 5.83. The van der Waals surface area contributed by atoms with Crippen molar-refractivity contribution in [3.8, 4) is 0 Å². The summed E-state index contributed by atoms with van der Waals surface area (Å²) in [5.74, 6) is -0.155. The van der Waals surface area contributed by atoms with Gasteiger partial charge in [-0.25, -0.2) is 4.98 Å². The van der Waals surface area contributed by atoms with Crippen molar-refractivity contribution in [2.75, 3.05) is 26.2 Å². The molecule has 130 valence electrons. The largest absolute Gasteiger partial charge is 0.347 e. The van der Waals surface area contributed by atoms with E-state index in [0.29, 0.717) is 32.6 Å². The minimum Gasteiger partial charge on any atom is -0.347 e. The monoisotopic (exact) mass is 350 g/mol. The molecule has 3 rings (SSSR count). The number of rotatable bonds is 4. The Balaban J connectivity index is 1.58. The average molecular weight is 350 g/mol. The number of carbonyl (C=O) groups is 3. The highest BCUT2D eigenvalue weighted by atomic mass is 32.1. The predicted octanol–water partition coefficient (Wildman–Crippen LogP) is 0.539. The molecule has 0 radical (unpaired) electrons. The number of thiazole rings is 1. The number of nitrogens with one attached hydrogen (secondary N) is 1. The van der Waals surface area contributed by atoms with Crippen LogP contribution in [0.25, 0.3) is 0 Å². The lowest BCUT2D eigenvalue weighted by molar-refractivity contribution is -0.132. The number of nitrogens with zero attached hydrogens (tertiary/aromatic N) is 3. The fourth-order valence-corrected chi connectivity index (χ4v) is 4.14. The van der Waals surface area contributed by atoms with Crippen molar-refractivity contribution in [2.24, 2.45) is 5.41 Å². The molecule has 3 heterocycles. The third-order valence-electron chi connectivity index (χ3n) is 4.70. The third-order valence-corrected chi connectivity index (χ3v) is 5.53. The van der Waals surface area contributed by atoms with Gasteiger partial charge >= 0.3 is 0 Å². The van der Waals surface area contributed by atoms with E-state index in [4.69, 9.17) is 0 Å². The molecule has 1 aromatic heterocycles. The van der Waals surface area contributed by atoms with Gasteiger partial charge in [-0.2, -0.15) is 0 Å². The van der Waals surface area contributed by atoms with Crippen molar-refractivity contribution in [1.29, 1.82) is 0 Å². The molecule has 1 atom stereocenters. The fourth-order valence-electron chi connectivity index (χ4n) is 3.54. The van der Waals surface area contributed by atoms with Gasteiger partial charge in [0.2, 0.25) is 17.7 Å². The first-order chi connectivity index (χ1) is 11.4. The summed E-state index contributed by atoms with van der Waals surface area (Å²) in [4.78, 5) is 43.5. The molecule has 0 saturated carbocycles. The van der Waals surface area contributed by atoms with E-state index in [2.05, 4.69) is 10.3 Å². The van der Waals surface area contributed by atoms with E-state index in [-0.39, 0.29) is 29.7 Å². The van der Waals surface area contributed by atoms with Gasteiger partial charge in [0, 0.05) is 43.8 Å². The standard InChI is InChI=1S/C16H22N4O3S/c1-11(21)17-6-15(23)19-4-3-16(9-19)5-14(22)20(10-16)7-13-8-24-12(2)18-13/h8H,3-7,9-10H2,1-2H3,(H,17,21). The second kappa shape index (κ2) is 6.51. The second-order valence-electron chi connectivity index (χ2n) is 6.76. The molecule has 24 heavy (non-hydrogen) atoms. The first-order valence-electron chi connectivity index (χ1n) is 8.08. The normalized spacial score (nSPS) is 23.3.